The quantitative estimate of drug-likeness (QED) is 0.568. The minimum Gasteiger partial charge on any atom is -0.465 e. The van der Waals surface area contributed by atoms with Crippen molar-refractivity contribution in [2.75, 3.05) is 13.2 Å². The van der Waals surface area contributed by atoms with Gasteiger partial charge < -0.3 is 10.1 Å². The van der Waals surface area contributed by atoms with Crippen LogP contribution in [-0.4, -0.2) is 25.2 Å². The van der Waals surface area contributed by atoms with Crippen LogP contribution >= 0.6 is 0 Å². The van der Waals surface area contributed by atoms with Crippen LogP contribution in [0.5, 0.6) is 0 Å². The number of nitrogens with one attached hydrogen (secondary N) is 1. The molecule has 0 aromatic heterocycles. The first kappa shape index (κ1) is 14.7. The van der Waals surface area contributed by atoms with Gasteiger partial charge in [0.15, 0.2) is 0 Å². The summed E-state index contributed by atoms with van der Waals surface area (Å²) >= 11 is 0. The minimum atomic E-state index is -0.166. The van der Waals surface area contributed by atoms with Gasteiger partial charge in [0.2, 0.25) is 0 Å². The molecule has 1 rings (SSSR count). The van der Waals surface area contributed by atoms with Gasteiger partial charge in [-0.15, -0.1) is 0 Å². The highest BCUT2D eigenvalue weighted by molar-refractivity contribution is 5.75. The molecule has 0 saturated heterocycles. The van der Waals surface area contributed by atoms with E-state index in [1.165, 1.54) is 5.56 Å². The Hall–Kier alpha value is -1.35. The zero-order valence-corrected chi connectivity index (χ0v) is 11.3. The van der Waals surface area contributed by atoms with Gasteiger partial charge in [-0.3, -0.25) is 4.79 Å². The van der Waals surface area contributed by atoms with E-state index in [4.69, 9.17) is 4.74 Å². The van der Waals surface area contributed by atoms with Crippen LogP contribution in [0, 0.1) is 0 Å². The molecule has 0 aliphatic rings. The zero-order chi connectivity index (χ0) is 13.2. The number of carbonyl (C=O) groups is 1. The minimum absolute atomic E-state index is 0.139. The third-order valence-electron chi connectivity index (χ3n) is 2.86. The number of hydrogen-bond acceptors (Lipinski definition) is 3. The van der Waals surface area contributed by atoms with Gasteiger partial charge in [-0.05, 0) is 38.3 Å². The van der Waals surface area contributed by atoms with Crippen molar-refractivity contribution in [3.05, 3.63) is 35.9 Å². The maximum Gasteiger partial charge on any atom is 0.323 e. The van der Waals surface area contributed by atoms with Gasteiger partial charge in [0.25, 0.3) is 0 Å². The fraction of sp³-hybridized carbons (Fsp3) is 0.533. The normalized spacial score (nSPS) is 12.1. The molecule has 1 N–H and O–H groups in total. The summed E-state index contributed by atoms with van der Waals surface area (Å²) in [6, 6.07) is 10.2. The Kier molecular flexibility index (Phi) is 7.11. The molecule has 3 nitrogen and oxygen atoms in total. The van der Waals surface area contributed by atoms with E-state index >= 15 is 0 Å². The van der Waals surface area contributed by atoms with Crippen molar-refractivity contribution in [2.45, 2.75) is 39.2 Å². The summed E-state index contributed by atoms with van der Waals surface area (Å²) in [6.45, 7) is 5.11. The van der Waals surface area contributed by atoms with Gasteiger partial charge in [0.1, 0.15) is 6.04 Å². The fourth-order valence-corrected chi connectivity index (χ4v) is 1.85. The summed E-state index contributed by atoms with van der Waals surface area (Å²) in [6.07, 6.45) is 2.83. The summed E-state index contributed by atoms with van der Waals surface area (Å²) in [5, 5.41) is 3.25. The van der Waals surface area contributed by atoms with Gasteiger partial charge in [-0.2, -0.15) is 0 Å². The van der Waals surface area contributed by atoms with Gasteiger partial charge in [-0.1, -0.05) is 37.3 Å². The Morgan fingerprint density at radius 3 is 2.61 bits per heavy atom. The molecule has 1 aromatic carbocycles. The smallest absolute Gasteiger partial charge is 0.323 e. The van der Waals surface area contributed by atoms with Crippen LogP contribution in [0.2, 0.25) is 0 Å². The molecule has 0 heterocycles. The first-order chi connectivity index (χ1) is 8.77. The Labute approximate surface area is 110 Å². The predicted molar refractivity (Wildman–Crippen MR) is 73.5 cm³/mol. The molecular weight excluding hydrogens is 226 g/mol. The molecule has 0 radical (unpaired) electrons. The molecule has 0 aliphatic heterocycles. The van der Waals surface area contributed by atoms with E-state index in [1.807, 2.05) is 19.9 Å². The predicted octanol–water partition coefficient (Wildman–Crippen LogP) is 2.55. The zero-order valence-electron chi connectivity index (χ0n) is 11.3. The standard InChI is InChI=1S/C15H23NO2/c1-3-14(15(17)18-4-2)16-12-8-11-13-9-6-5-7-10-13/h5-7,9-10,14,16H,3-4,8,11-12H2,1-2H3. The SMILES string of the molecule is CCOC(=O)C(CC)NCCCc1ccccc1. The summed E-state index contributed by atoms with van der Waals surface area (Å²) in [5.74, 6) is -0.139. The highest BCUT2D eigenvalue weighted by Crippen LogP contribution is 2.02. The topological polar surface area (TPSA) is 38.3 Å². The largest absolute Gasteiger partial charge is 0.465 e. The molecule has 1 unspecified atom stereocenters. The van der Waals surface area contributed by atoms with Crippen LogP contribution in [0.1, 0.15) is 32.3 Å². The van der Waals surface area contributed by atoms with Crippen molar-refractivity contribution in [3.8, 4) is 0 Å². The molecule has 0 aliphatic carbocycles. The van der Waals surface area contributed by atoms with E-state index in [-0.39, 0.29) is 12.0 Å². The number of ether oxygens (including phenoxy) is 1. The summed E-state index contributed by atoms with van der Waals surface area (Å²) in [4.78, 5) is 11.6. The molecule has 0 bridgehead atoms. The van der Waals surface area contributed by atoms with E-state index in [9.17, 15) is 4.79 Å². The molecule has 100 valence electrons. The molecule has 0 saturated carbocycles. The lowest BCUT2D eigenvalue weighted by atomic mass is 10.1. The lowest BCUT2D eigenvalue weighted by Gasteiger charge is -2.15. The second kappa shape index (κ2) is 8.70. The van der Waals surface area contributed by atoms with Crippen LogP contribution in [-0.2, 0) is 16.0 Å². The van der Waals surface area contributed by atoms with Gasteiger partial charge >= 0.3 is 5.97 Å². The second-order valence-corrected chi connectivity index (χ2v) is 4.26. The lowest BCUT2D eigenvalue weighted by Crippen LogP contribution is -2.38. The molecule has 1 atom stereocenters. The van der Waals surface area contributed by atoms with Crippen molar-refractivity contribution in [3.63, 3.8) is 0 Å². The molecule has 18 heavy (non-hydrogen) atoms. The Balaban J connectivity index is 2.21. The number of benzene rings is 1. The number of aryl methyl sites for hydroxylation is 1. The number of carbonyl (C=O) groups excluding carboxylic acids is 1. The Bertz CT molecular complexity index is 338. The van der Waals surface area contributed by atoms with E-state index in [2.05, 4.69) is 29.6 Å². The molecule has 1 aromatic rings. The molecular formula is C15H23NO2. The average molecular weight is 249 g/mol. The maximum atomic E-state index is 11.6. The third-order valence-corrected chi connectivity index (χ3v) is 2.86. The van der Waals surface area contributed by atoms with Gasteiger partial charge in [0.05, 0.1) is 6.61 Å². The summed E-state index contributed by atoms with van der Waals surface area (Å²) < 4.78 is 5.01. The van der Waals surface area contributed by atoms with Crippen molar-refractivity contribution in [2.24, 2.45) is 0 Å². The van der Waals surface area contributed by atoms with Crippen LogP contribution in [0.15, 0.2) is 30.3 Å². The highest BCUT2D eigenvalue weighted by Gasteiger charge is 2.15. The average Bonchev–Trinajstić information content (AvgIpc) is 2.40. The molecule has 0 spiro atoms. The lowest BCUT2D eigenvalue weighted by molar-refractivity contribution is -0.145. The maximum absolute atomic E-state index is 11.6. The van der Waals surface area contributed by atoms with E-state index in [0.29, 0.717) is 6.61 Å². The Morgan fingerprint density at radius 1 is 1.28 bits per heavy atom. The van der Waals surface area contributed by atoms with Crippen LogP contribution < -0.4 is 5.32 Å². The van der Waals surface area contributed by atoms with Crippen LogP contribution in [0.4, 0.5) is 0 Å². The van der Waals surface area contributed by atoms with Gasteiger partial charge in [-0.25, -0.2) is 0 Å². The van der Waals surface area contributed by atoms with Crippen LogP contribution in [0.25, 0.3) is 0 Å². The first-order valence-corrected chi connectivity index (χ1v) is 6.71. The van der Waals surface area contributed by atoms with Crippen molar-refractivity contribution < 1.29 is 9.53 Å². The van der Waals surface area contributed by atoms with E-state index in [0.717, 1.165) is 25.8 Å². The summed E-state index contributed by atoms with van der Waals surface area (Å²) in [7, 11) is 0. The fourth-order valence-electron chi connectivity index (χ4n) is 1.85. The Morgan fingerprint density at radius 2 is 2.00 bits per heavy atom. The van der Waals surface area contributed by atoms with Crippen molar-refractivity contribution in [1.82, 2.24) is 5.32 Å². The molecule has 0 fully saturated rings. The number of esters is 1. The highest BCUT2D eigenvalue weighted by atomic mass is 16.5. The van der Waals surface area contributed by atoms with E-state index < -0.39 is 0 Å². The first-order valence-electron chi connectivity index (χ1n) is 6.71. The van der Waals surface area contributed by atoms with E-state index in [1.54, 1.807) is 0 Å². The second-order valence-electron chi connectivity index (χ2n) is 4.26. The summed E-state index contributed by atoms with van der Waals surface area (Å²) in [5.41, 5.74) is 1.34. The van der Waals surface area contributed by atoms with Gasteiger partial charge in [0, 0.05) is 0 Å². The monoisotopic (exact) mass is 249 g/mol. The molecule has 3 heteroatoms. The van der Waals surface area contributed by atoms with Crippen LogP contribution in [0.3, 0.4) is 0 Å². The molecule has 0 amide bonds. The van der Waals surface area contributed by atoms with Crippen molar-refractivity contribution >= 4 is 5.97 Å². The third kappa shape index (κ3) is 5.32. The van der Waals surface area contributed by atoms with Crippen molar-refractivity contribution in [1.29, 1.82) is 0 Å². The number of rotatable bonds is 8. The number of hydrogen-bond donors (Lipinski definition) is 1.